The van der Waals surface area contributed by atoms with Gasteiger partial charge < -0.3 is 15.1 Å². The van der Waals surface area contributed by atoms with Gasteiger partial charge in [-0.3, -0.25) is 4.79 Å². The molecule has 136 valence electrons. The zero-order chi connectivity index (χ0) is 18.2. The monoisotopic (exact) mass is 370 g/mol. The van der Waals surface area contributed by atoms with Gasteiger partial charge in [0.15, 0.2) is 6.67 Å². The van der Waals surface area contributed by atoms with E-state index < -0.39 is 5.54 Å². The molecule has 3 rings (SSSR count). The lowest BCUT2D eigenvalue weighted by atomic mass is 9.88. The normalized spacial score (nSPS) is 27.7. The van der Waals surface area contributed by atoms with E-state index in [2.05, 4.69) is 12.4 Å². The van der Waals surface area contributed by atoms with Crippen molar-refractivity contribution in [2.75, 3.05) is 33.9 Å². The molecule has 1 unspecified atom stereocenters. The Bertz CT molecular complexity index is 671. The molecule has 0 aliphatic carbocycles. The summed E-state index contributed by atoms with van der Waals surface area (Å²) in [6.45, 7) is 2.18. The van der Waals surface area contributed by atoms with Crippen LogP contribution in [0.2, 0.25) is 5.02 Å². The molecule has 0 saturated carbocycles. The molecule has 3 amide bonds. The number of quaternary nitrogens is 2. The van der Waals surface area contributed by atoms with E-state index in [0.29, 0.717) is 30.0 Å². The summed E-state index contributed by atoms with van der Waals surface area (Å²) in [4.78, 5) is 28.6. The molecule has 1 aromatic carbocycles. The predicted molar refractivity (Wildman–Crippen MR) is 90.8 cm³/mol. The molecular formula is C17H24ClFN4O2+2. The van der Waals surface area contributed by atoms with E-state index in [1.54, 1.807) is 12.1 Å². The third-order valence-electron chi connectivity index (χ3n) is 5.17. The second-order valence-corrected chi connectivity index (χ2v) is 7.60. The third kappa shape index (κ3) is 3.49. The maximum atomic E-state index is 13.9. The minimum absolute atomic E-state index is 0.163. The van der Waals surface area contributed by atoms with Gasteiger partial charge in [0.2, 0.25) is 0 Å². The van der Waals surface area contributed by atoms with Gasteiger partial charge >= 0.3 is 6.03 Å². The maximum absolute atomic E-state index is 13.9. The molecule has 1 aromatic rings. The highest BCUT2D eigenvalue weighted by molar-refractivity contribution is 6.31. The first kappa shape index (κ1) is 18.1. The summed E-state index contributed by atoms with van der Waals surface area (Å²) in [5.74, 6) is -0.539. The van der Waals surface area contributed by atoms with Gasteiger partial charge in [0.05, 0.1) is 37.8 Å². The van der Waals surface area contributed by atoms with Crippen molar-refractivity contribution in [3.05, 3.63) is 34.6 Å². The van der Waals surface area contributed by atoms with Crippen LogP contribution in [-0.4, -0.2) is 56.2 Å². The second-order valence-electron chi connectivity index (χ2n) is 7.19. The lowest BCUT2D eigenvalue weighted by Gasteiger charge is -2.33. The second kappa shape index (κ2) is 6.90. The largest absolute Gasteiger partial charge is 0.337 e. The van der Waals surface area contributed by atoms with Crippen molar-refractivity contribution in [3.63, 3.8) is 0 Å². The van der Waals surface area contributed by atoms with Gasteiger partial charge in [-0.05, 0) is 12.1 Å². The number of hydrogen-bond acceptors (Lipinski definition) is 2. The van der Waals surface area contributed by atoms with E-state index in [9.17, 15) is 14.0 Å². The molecule has 2 aliphatic rings. The maximum Gasteiger partial charge on any atom is 0.329 e. The van der Waals surface area contributed by atoms with Crippen LogP contribution in [0.3, 0.4) is 0 Å². The zero-order valence-corrected chi connectivity index (χ0v) is 15.3. The molecule has 1 atom stereocenters. The molecular weight excluding hydrogens is 347 g/mol. The van der Waals surface area contributed by atoms with E-state index >= 15 is 0 Å². The van der Waals surface area contributed by atoms with Crippen molar-refractivity contribution in [1.82, 2.24) is 10.2 Å². The summed E-state index contributed by atoms with van der Waals surface area (Å²) < 4.78 is 13.9. The first-order valence-corrected chi connectivity index (χ1v) is 8.90. The van der Waals surface area contributed by atoms with E-state index in [1.807, 2.05) is 7.05 Å². The summed E-state index contributed by atoms with van der Waals surface area (Å²) >= 11 is 6.06. The molecule has 2 saturated heterocycles. The Hall–Kier alpha value is -1.70. The first-order valence-electron chi connectivity index (χ1n) is 8.52. The van der Waals surface area contributed by atoms with Crippen molar-refractivity contribution >= 4 is 23.5 Å². The van der Waals surface area contributed by atoms with E-state index in [-0.39, 0.29) is 24.4 Å². The van der Waals surface area contributed by atoms with Gasteiger partial charge in [0.25, 0.3) is 5.91 Å². The Balaban J connectivity index is 1.68. The number of amides is 3. The van der Waals surface area contributed by atoms with Crippen LogP contribution < -0.4 is 15.1 Å². The van der Waals surface area contributed by atoms with Crippen LogP contribution in [-0.2, 0) is 11.3 Å². The number of halogens is 2. The van der Waals surface area contributed by atoms with Crippen molar-refractivity contribution in [2.45, 2.75) is 24.9 Å². The number of likely N-dealkylation sites (tertiary alicyclic amines) is 1. The van der Waals surface area contributed by atoms with Crippen molar-refractivity contribution in [3.8, 4) is 0 Å². The number of piperidine rings is 1. The Kier molecular flexibility index (Phi) is 4.99. The topological polar surface area (TPSA) is 58.3 Å². The van der Waals surface area contributed by atoms with Crippen LogP contribution in [0.5, 0.6) is 0 Å². The summed E-state index contributed by atoms with van der Waals surface area (Å²) in [6.07, 6.45) is 1.30. The average molecular weight is 371 g/mol. The highest BCUT2D eigenvalue weighted by Gasteiger charge is 2.54. The summed E-state index contributed by atoms with van der Waals surface area (Å²) in [6, 6.07) is 4.19. The molecule has 0 radical (unpaired) electrons. The molecule has 25 heavy (non-hydrogen) atoms. The van der Waals surface area contributed by atoms with Crippen LogP contribution in [0.15, 0.2) is 18.2 Å². The lowest BCUT2D eigenvalue weighted by molar-refractivity contribution is -0.901. The van der Waals surface area contributed by atoms with E-state index in [1.165, 1.54) is 15.9 Å². The number of hydrogen-bond donors (Lipinski definition) is 3. The van der Waals surface area contributed by atoms with Crippen LogP contribution in [0.25, 0.3) is 0 Å². The fourth-order valence-electron chi connectivity index (χ4n) is 3.59. The quantitative estimate of drug-likeness (QED) is 0.599. The molecule has 6 nitrogen and oxygen atoms in total. The van der Waals surface area contributed by atoms with Gasteiger partial charge in [0.1, 0.15) is 17.9 Å². The lowest BCUT2D eigenvalue weighted by Crippen LogP contribution is -3.11. The van der Waals surface area contributed by atoms with Crippen LogP contribution in [0.4, 0.5) is 9.18 Å². The molecule has 2 aliphatic heterocycles. The molecule has 0 bridgehead atoms. The fraction of sp³-hybridized carbons (Fsp3) is 0.529. The minimum atomic E-state index is -0.757. The number of nitrogens with one attached hydrogen (secondary N) is 3. The van der Waals surface area contributed by atoms with Crippen molar-refractivity contribution in [2.24, 2.45) is 0 Å². The van der Waals surface area contributed by atoms with Gasteiger partial charge in [-0.25, -0.2) is 14.1 Å². The Labute approximate surface area is 151 Å². The minimum Gasteiger partial charge on any atom is -0.337 e. The van der Waals surface area contributed by atoms with E-state index in [4.69, 9.17) is 11.6 Å². The van der Waals surface area contributed by atoms with Crippen molar-refractivity contribution < 1.29 is 23.8 Å². The number of nitrogens with zero attached hydrogens (tertiary/aromatic N) is 1. The van der Waals surface area contributed by atoms with Crippen molar-refractivity contribution in [1.29, 1.82) is 0 Å². The fourth-order valence-corrected chi connectivity index (χ4v) is 3.82. The SMILES string of the molecule is C[NH+]1CCC2(CC1)NC(=O)N(C[NH+](C)Cc1c(F)cccc1Cl)C2=O. The Morgan fingerprint density at radius 3 is 2.68 bits per heavy atom. The third-order valence-corrected chi connectivity index (χ3v) is 5.53. The van der Waals surface area contributed by atoms with Crippen LogP contribution in [0, 0.1) is 5.82 Å². The number of carbonyl (C=O) groups excluding carboxylic acids is 2. The molecule has 0 aromatic heterocycles. The van der Waals surface area contributed by atoms with Crippen LogP contribution >= 0.6 is 11.6 Å². The van der Waals surface area contributed by atoms with Gasteiger partial charge in [-0.2, -0.15) is 0 Å². The molecule has 3 N–H and O–H groups in total. The van der Waals surface area contributed by atoms with Gasteiger partial charge in [-0.1, -0.05) is 17.7 Å². The number of benzene rings is 1. The van der Waals surface area contributed by atoms with Gasteiger partial charge in [-0.15, -0.1) is 0 Å². The number of rotatable bonds is 4. The Morgan fingerprint density at radius 2 is 2.04 bits per heavy atom. The highest BCUT2D eigenvalue weighted by Crippen LogP contribution is 2.25. The predicted octanol–water partition coefficient (Wildman–Crippen LogP) is -0.950. The molecule has 2 heterocycles. The molecule has 8 heteroatoms. The first-order chi connectivity index (χ1) is 11.8. The number of urea groups is 1. The van der Waals surface area contributed by atoms with Gasteiger partial charge in [0, 0.05) is 12.8 Å². The summed E-state index contributed by atoms with van der Waals surface area (Å²) in [5, 5.41) is 3.25. The standard InChI is InChI=1S/C17H22ClFN4O2/c1-21-8-6-17(7-9-21)15(24)23(16(25)20-17)11-22(2)10-12-13(18)4-3-5-14(12)19/h3-5H,6-11H2,1-2H3,(H,20,25)/p+2. The summed E-state index contributed by atoms with van der Waals surface area (Å²) in [7, 11) is 3.90. The highest BCUT2D eigenvalue weighted by atomic mass is 35.5. The Morgan fingerprint density at radius 1 is 1.36 bits per heavy atom. The molecule has 2 fully saturated rings. The van der Waals surface area contributed by atoms with E-state index in [0.717, 1.165) is 18.0 Å². The van der Waals surface area contributed by atoms with Crippen LogP contribution in [0.1, 0.15) is 18.4 Å². The number of imide groups is 1. The average Bonchev–Trinajstić information content (AvgIpc) is 2.79. The zero-order valence-electron chi connectivity index (χ0n) is 14.5. The summed E-state index contributed by atoms with van der Waals surface area (Å²) in [5.41, 5.74) is -0.363. The molecule has 1 spiro atoms. The smallest absolute Gasteiger partial charge is 0.329 e. The number of carbonyl (C=O) groups is 2.